The second-order valence-electron chi connectivity index (χ2n) is 6.51. The maximum atomic E-state index is 12.3. The predicted molar refractivity (Wildman–Crippen MR) is 114 cm³/mol. The number of morpholine rings is 1. The van der Waals surface area contributed by atoms with Crippen molar-refractivity contribution in [1.82, 2.24) is 15.1 Å². The fourth-order valence-electron chi connectivity index (χ4n) is 3.09. The van der Waals surface area contributed by atoms with Crippen LogP contribution in [0.15, 0.2) is 42.6 Å². The van der Waals surface area contributed by atoms with Crippen LogP contribution in [0.25, 0.3) is 5.69 Å². The van der Waals surface area contributed by atoms with Crippen molar-refractivity contribution in [2.45, 2.75) is 6.54 Å². The third-order valence-electron chi connectivity index (χ3n) is 4.59. The lowest BCUT2D eigenvalue weighted by molar-refractivity contribution is -0.125. The Balaban J connectivity index is 1.47. The molecule has 1 aliphatic rings. The quantitative estimate of drug-likeness (QED) is 0.629. The molecule has 1 N–H and O–H groups in total. The number of thiophene rings is 1. The minimum atomic E-state index is -0.207. The maximum absolute atomic E-state index is 12.3. The molecule has 0 atom stereocenters. The largest absolute Gasteiger partial charge is 0.480 e. The van der Waals surface area contributed by atoms with Crippen LogP contribution in [0.4, 0.5) is 5.69 Å². The number of amides is 2. The van der Waals surface area contributed by atoms with E-state index in [2.05, 4.69) is 10.4 Å². The Kier molecular flexibility index (Phi) is 6.03. The first-order chi connectivity index (χ1) is 14.5. The van der Waals surface area contributed by atoms with E-state index in [4.69, 9.17) is 21.1 Å². The van der Waals surface area contributed by atoms with Crippen molar-refractivity contribution in [3.8, 4) is 11.6 Å². The normalized spacial score (nSPS) is 14.1. The van der Waals surface area contributed by atoms with E-state index in [1.54, 1.807) is 27.9 Å². The Bertz CT molecular complexity index is 1060. The predicted octanol–water partition coefficient (Wildman–Crippen LogP) is 2.89. The monoisotopic (exact) mass is 446 g/mol. The summed E-state index contributed by atoms with van der Waals surface area (Å²) in [6.45, 7) is 1.42. The number of anilines is 1. The van der Waals surface area contributed by atoms with Gasteiger partial charge in [0.25, 0.3) is 11.8 Å². The Morgan fingerprint density at radius 3 is 2.70 bits per heavy atom. The van der Waals surface area contributed by atoms with Crippen LogP contribution >= 0.6 is 22.9 Å². The number of hydrogen-bond acceptors (Lipinski definition) is 6. The van der Waals surface area contributed by atoms with Gasteiger partial charge in [-0.25, -0.2) is 4.68 Å². The second kappa shape index (κ2) is 8.86. The van der Waals surface area contributed by atoms with E-state index >= 15 is 0 Å². The van der Waals surface area contributed by atoms with Crippen LogP contribution in [0.2, 0.25) is 4.34 Å². The van der Waals surface area contributed by atoms with E-state index in [1.807, 2.05) is 24.3 Å². The topological polar surface area (TPSA) is 85.7 Å². The Hall–Kier alpha value is -2.88. The van der Waals surface area contributed by atoms with E-state index in [0.29, 0.717) is 28.2 Å². The minimum Gasteiger partial charge on any atom is -0.480 e. The van der Waals surface area contributed by atoms with Gasteiger partial charge in [0.05, 0.1) is 40.7 Å². The highest BCUT2D eigenvalue weighted by Crippen LogP contribution is 2.24. The van der Waals surface area contributed by atoms with Crippen LogP contribution in [0.3, 0.4) is 0 Å². The zero-order valence-electron chi connectivity index (χ0n) is 16.1. The first-order valence-corrected chi connectivity index (χ1v) is 10.4. The zero-order chi connectivity index (χ0) is 21.1. The molecule has 3 aromatic rings. The lowest BCUT2D eigenvalue weighted by atomic mass is 10.2. The molecule has 1 fully saturated rings. The Morgan fingerprint density at radius 2 is 2.03 bits per heavy atom. The molecular weight excluding hydrogens is 428 g/mol. The molecule has 0 spiro atoms. The fraction of sp³-hybridized carbons (Fsp3) is 0.250. The van der Waals surface area contributed by atoms with E-state index in [-0.39, 0.29) is 25.0 Å². The molecule has 0 unspecified atom stereocenters. The Morgan fingerprint density at radius 1 is 1.27 bits per heavy atom. The molecule has 0 saturated carbocycles. The van der Waals surface area contributed by atoms with Crippen LogP contribution in [-0.4, -0.2) is 48.5 Å². The molecule has 0 bridgehead atoms. The first-order valence-electron chi connectivity index (χ1n) is 9.20. The smallest absolute Gasteiger partial charge is 0.261 e. The van der Waals surface area contributed by atoms with Crippen LogP contribution in [-0.2, 0) is 16.1 Å². The lowest BCUT2D eigenvalue weighted by Crippen LogP contribution is -2.41. The molecule has 156 valence electrons. The van der Waals surface area contributed by atoms with Gasteiger partial charge in [-0.2, -0.15) is 0 Å². The van der Waals surface area contributed by atoms with Gasteiger partial charge in [0, 0.05) is 18.4 Å². The average molecular weight is 447 g/mol. The van der Waals surface area contributed by atoms with Gasteiger partial charge < -0.3 is 19.7 Å². The number of halogens is 1. The van der Waals surface area contributed by atoms with Gasteiger partial charge in [-0.15, -0.1) is 16.4 Å². The van der Waals surface area contributed by atoms with E-state index in [0.717, 1.165) is 16.9 Å². The number of ether oxygens (including phenoxy) is 2. The van der Waals surface area contributed by atoms with E-state index in [1.165, 1.54) is 18.4 Å². The van der Waals surface area contributed by atoms with Crippen molar-refractivity contribution in [2.24, 2.45) is 0 Å². The van der Waals surface area contributed by atoms with Crippen molar-refractivity contribution >= 4 is 40.4 Å². The van der Waals surface area contributed by atoms with Crippen LogP contribution in [0, 0.1) is 0 Å². The molecule has 2 aromatic heterocycles. The van der Waals surface area contributed by atoms with Crippen molar-refractivity contribution in [1.29, 1.82) is 0 Å². The van der Waals surface area contributed by atoms with E-state index in [9.17, 15) is 9.59 Å². The number of methoxy groups -OCH3 is 1. The summed E-state index contributed by atoms with van der Waals surface area (Å²) in [5.41, 5.74) is 2.36. The van der Waals surface area contributed by atoms with E-state index < -0.39 is 0 Å². The second-order valence-corrected chi connectivity index (χ2v) is 8.22. The summed E-state index contributed by atoms with van der Waals surface area (Å²) >= 11 is 7.11. The third-order valence-corrected chi connectivity index (χ3v) is 5.82. The summed E-state index contributed by atoms with van der Waals surface area (Å²) in [6, 6.07) is 10.9. The molecular formula is C20H19ClN4O4S. The number of rotatable bonds is 6. The molecule has 1 aliphatic heterocycles. The summed E-state index contributed by atoms with van der Waals surface area (Å²) in [4.78, 5) is 26.5. The van der Waals surface area contributed by atoms with Gasteiger partial charge in [0.1, 0.15) is 6.61 Å². The fourth-order valence-corrected chi connectivity index (χ4v) is 4.05. The van der Waals surface area contributed by atoms with Crippen molar-refractivity contribution in [2.75, 3.05) is 31.8 Å². The summed E-state index contributed by atoms with van der Waals surface area (Å²) in [5, 5.41) is 7.28. The van der Waals surface area contributed by atoms with Crippen molar-refractivity contribution in [3.05, 3.63) is 57.4 Å². The van der Waals surface area contributed by atoms with Crippen molar-refractivity contribution in [3.63, 3.8) is 0 Å². The number of nitrogens with zero attached hydrogens (tertiary/aromatic N) is 3. The van der Waals surface area contributed by atoms with Crippen LogP contribution in [0.5, 0.6) is 5.88 Å². The Labute approximate surface area is 182 Å². The van der Waals surface area contributed by atoms with Crippen LogP contribution < -0.4 is 15.0 Å². The summed E-state index contributed by atoms with van der Waals surface area (Å²) in [7, 11) is 1.53. The third kappa shape index (κ3) is 4.33. The molecule has 0 radical (unpaired) electrons. The number of carbonyl (C=O) groups excluding carboxylic acids is 2. The number of carbonyl (C=O) groups is 2. The summed E-state index contributed by atoms with van der Waals surface area (Å²) in [5.74, 6) is 0.160. The SMILES string of the molecule is COc1nn(-c2ccc(N3CCOCC3=O)cc2)cc1CNC(=O)c1ccc(Cl)s1. The highest BCUT2D eigenvalue weighted by molar-refractivity contribution is 7.17. The van der Waals surface area contributed by atoms with Gasteiger partial charge in [-0.1, -0.05) is 11.6 Å². The standard InChI is InChI=1S/C20H19ClN4O4S/c1-28-20-13(10-22-19(27)16-6-7-17(21)30-16)11-25(23-20)15-4-2-14(3-5-15)24-8-9-29-12-18(24)26/h2-7,11H,8-10,12H2,1H3,(H,22,27). The minimum absolute atomic E-state index is 0.0557. The van der Waals surface area contributed by atoms with Gasteiger partial charge in [0.15, 0.2) is 0 Å². The number of hydrogen-bond donors (Lipinski definition) is 1. The molecule has 3 heterocycles. The van der Waals surface area contributed by atoms with Gasteiger partial charge in [-0.05, 0) is 36.4 Å². The molecule has 1 saturated heterocycles. The molecule has 30 heavy (non-hydrogen) atoms. The van der Waals surface area contributed by atoms with Gasteiger partial charge in [-0.3, -0.25) is 9.59 Å². The maximum Gasteiger partial charge on any atom is 0.261 e. The summed E-state index contributed by atoms with van der Waals surface area (Å²) in [6.07, 6.45) is 1.80. The lowest BCUT2D eigenvalue weighted by Gasteiger charge is -2.26. The molecule has 10 heteroatoms. The number of benzene rings is 1. The molecule has 0 aliphatic carbocycles. The molecule has 8 nitrogen and oxygen atoms in total. The first kappa shape index (κ1) is 20.4. The highest BCUT2D eigenvalue weighted by atomic mass is 35.5. The molecule has 2 amide bonds. The van der Waals surface area contributed by atoms with Crippen LogP contribution in [0.1, 0.15) is 15.2 Å². The zero-order valence-corrected chi connectivity index (χ0v) is 17.7. The average Bonchev–Trinajstić information content (AvgIpc) is 3.38. The van der Waals surface area contributed by atoms with Gasteiger partial charge in [0.2, 0.25) is 5.88 Å². The number of nitrogens with one attached hydrogen (secondary N) is 1. The molecule has 1 aromatic carbocycles. The van der Waals surface area contributed by atoms with Crippen molar-refractivity contribution < 1.29 is 19.1 Å². The summed E-state index contributed by atoms with van der Waals surface area (Å²) < 4.78 is 12.8. The highest BCUT2D eigenvalue weighted by Gasteiger charge is 2.20. The molecule has 4 rings (SSSR count). The number of aromatic nitrogens is 2. The van der Waals surface area contributed by atoms with Gasteiger partial charge >= 0.3 is 0 Å².